The first-order valence-corrected chi connectivity index (χ1v) is 9.14. The highest BCUT2D eigenvalue weighted by molar-refractivity contribution is 7.09. The number of rotatable bonds is 4. The number of aromatic nitrogens is 5. The number of piperazine rings is 1. The lowest BCUT2D eigenvalue weighted by Gasteiger charge is -2.35. The van der Waals surface area contributed by atoms with E-state index >= 15 is 0 Å². The van der Waals surface area contributed by atoms with Crippen LogP contribution in [0.25, 0.3) is 11.0 Å². The van der Waals surface area contributed by atoms with Gasteiger partial charge in [-0.25, -0.2) is 15.0 Å². The van der Waals surface area contributed by atoms with Gasteiger partial charge in [0, 0.05) is 57.6 Å². The number of anilines is 1. The van der Waals surface area contributed by atoms with Crippen LogP contribution in [0.5, 0.6) is 0 Å². The fourth-order valence-electron chi connectivity index (χ4n) is 3.12. The van der Waals surface area contributed by atoms with Crippen molar-refractivity contribution in [2.75, 3.05) is 31.1 Å². The Morgan fingerprint density at radius 3 is 2.80 bits per heavy atom. The first-order valence-electron chi connectivity index (χ1n) is 8.26. The van der Waals surface area contributed by atoms with Crippen LogP contribution in [0.2, 0.25) is 0 Å². The summed E-state index contributed by atoms with van der Waals surface area (Å²) in [5, 5.41) is 8.18. The standard InChI is InChI=1S/C16H19N7OS/c1-21-15-12(10-20-21)16(19-11-18-15)23-7-5-22(6-8-23)14(24)3-2-13-17-4-9-25-13/h4,9-11H,2-3,5-8H2,1H3. The zero-order chi connectivity index (χ0) is 17.2. The number of aryl methyl sites for hydroxylation is 2. The summed E-state index contributed by atoms with van der Waals surface area (Å²) in [6.45, 7) is 2.96. The fraction of sp³-hybridized carbons (Fsp3) is 0.438. The molecule has 1 fully saturated rings. The Morgan fingerprint density at radius 2 is 2.04 bits per heavy atom. The van der Waals surface area contributed by atoms with E-state index in [0.717, 1.165) is 41.4 Å². The van der Waals surface area contributed by atoms with Gasteiger partial charge in [-0.2, -0.15) is 5.10 Å². The molecule has 3 aromatic rings. The number of fused-ring (bicyclic) bond motifs is 1. The first kappa shape index (κ1) is 15.9. The highest BCUT2D eigenvalue weighted by atomic mass is 32.1. The van der Waals surface area contributed by atoms with Gasteiger partial charge in [0.15, 0.2) is 5.65 Å². The summed E-state index contributed by atoms with van der Waals surface area (Å²) in [6, 6.07) is 0. The van der Waals surface area contributed by atoms with Gasteiger partial charge < -0.3 is 9.80 Å². The third kappa shape index (κ3) is 3.19. The second-order valence-electron chi connectivity index (χ2n) is 6.00. The number of amides is 1. The minimum absolute atomic E-state index is 0.198. The molecule has 8 nitrogen and oxygen atoms in total. The Bertz CT molecular complexity index is 868. The minimum Gasteiger partial charge on any atom is -0.352 e. The SMILES string of the molecule is Cn1ncc2c(N3CCN(C(=O)CCc4nccs4)CC3)ncnc21. The Labute approximate surface area is 149 Å². The second-order valence-corrected chi connectivity index (χ2v) is 6.98. The van der Waals surface area contributed by atoms with Crippen LogP contribution in [0.4, 0.5) is 5.82 Å². The van der Waals surface area contributed by atoms with Gasteiger partial charge in [-0.1, -0.05) is 0 Å². The van der Waals surface area contributed by atoms with Crippen LogP contribution < -0.4 is 4.90 Å². The lowest BCUT2D eigenvalue weighted by Crippen LogP contribution is -2.49. The molecule has 0 aromatic carbocycles. The number of carbonyl (C=O) groups excluding carboxylic acids is 1. The fourth-order valence-corrected chi connectivity index (χ4v) is 3.74. The van der Waals surface area contributed by atoms with Crippen molar-refractivity contribution in [3.05, 3.63) is 29.1 Å². The minimum atomic E-state index is 0.198. The Balaban J connectivity index is 1.38. The number of nitrogens with zero attached hydrogens (tertiary/aromatic N) is 7. The molecule has 4 rings (SSSR count). The lowest BCUT2D eigenvalue weighted by atomic mass is 10.2. The van der Waals surface area contributed by atoms with Crippen molar-refractivity contribution in [3.63, 3.8) is 0 Å². The molecule has 1 aliphatic rings. The molecule has 9 heteroatoms. The van der Waals surface area contributed by atoms with E-state index in [2.05, 4.69) is 25.0 Å². The van der Waals surface area contributed by atoms with Crippen molar-refractivity contribution in [2.45, 2.75) is 12.8 Å². The lowest BCUT2D eigenvalue weighted by molar-refractivity contribution is -0.131. The summed E-state index contributed by atoms with van der Waals surface area (Å²) in [6.07, 6.45) is 6.40. The molecular weight excluding hydrogens is 338 g/mol. The average Bonchev–Trinajstić information content (AvgIpc) is 3.30. The zero-order valence-corrected chi connectivity index (χ0v) is 14.8. The van der Waals surface area contributed by atoms with Crippen molar-refractivity contribution >= 4 is 34.1 Å². The molecule has 1 aliphatic heterocycles. The van der Waals surface area contributed by atoms with Gasteiger partial charge in [0.1, 0.15) is 12.1 Å². The molecule has 3 aromatic heterocycles. The molecule has 25 heavy (non-hydrogen) atoms. The van der Waals surface area contributed by atoms with Crippen LogP contribution in [-0.2, 0) is 18.3 Å². The van der Waals surface area contributed by atoms with E-state index in [9.17, 15) is 4.79 Å². The molecule has 130 valence electrons. The van der Waals surface area contributed by atoms with Gasteiger partial charge >= 0.3 is 0 Å². The summed E-state index contributed by atoms with van der Waals surface area (Å²) >= 11 is 1.60. The van der Waals surface area contributed by atoms with E-state index in [0.29, 0.717) is 19.5 Å². The van der Waals surface area contributed by atoms with Crippen molar-refractivity contribution in [1.82, 2.24) is 29.6 Å². The van der Waals surface area contributed by atoms with Gasteiger partial charge in [-0.05, 0) is 0 Å². The normalized spacial score (nSPS) is 15.1. The molecule has 0 spiro atoms. The molecule has 0 N–H and O–H groups in total. The molecule has 0 aliphatic carbocycles. The second kappa shape index (κ2) is 6.75. The predicted molar refractivity (Wildman–Crippen MR) is 95.5 cm³/mol. The van der Waals surface area contributed by atoms with E-state index < -0.39 is 0 Å². The van der Waals surface area contributed by atoms with Gasteiger partial charge in [-0.3, -0.25) is 9.48 Å². The molecule has 0 radical (unpaired) electrons. The zero-order valence-electron chi connectivity index (χ0n) is 14.0. The molecule has 0 saturated carbocycles. The maximum Gasteiger partial charge on any atom is 0.223 e. The summed E-state index contributed by atoms with van der Waals surface area (Å²) in [4.78, 5) is 29.5. The van der Waals surface area contributed by atoms with E-state index in [4.69, 9.17) is 0 Å². The number of thiazole rings is 1. The Kier molecular flexibility index (Phi) is 4.31. The summed E-state index contributed by atoms with van der Waals surface area (Å²) in [7, 11) is 1.87. The maximum atomic E-state index is 12.4. The highest BCUT2D eigenvalue weighted by Gasteiger charge is 2.23. The van der Waals surface area contributed by atoms with Crippen molar-refractivity contribution in [3.8, 4) is 0 Å². The van der Waals surface area contributed by atoms with E-state index in [-0.39, 0.29) is 5.91 Å². The van der Waals surface area contributed by atoms with Crippen LogP contribution in [0, 0.1) is 0 Å². The maximum absolute atomic E-state index is 12.4. The first-order chi connectivity index (χ1) is 12.2. The quantitative estimate of drug-likeness (QED) is 0.696. The van der Waals surface area contributed by atoms with E-state index in [1.54, 1.807) is 34.7 Å². The number of hydrogen-bond donors (Lipinski definition) is 0. The van der Waals surface area contributed by atoms with Gasteiger partial charge in [-0.15, -0.1) is 11.3 Å². The topological polar surface area (TPSA) is 80.0 Å². The monoisotopic (exact) mass is 357 g/mol. The number of hydrogen-bond acceptors (Lipinski definition) is 7. The van der Waals surface area contributed by atoms with Gasteiger partial charge in [0.2, 0.25) is 5.91 Å². The molecular formula is C16H19N7OS. The summed E-state index contributed by atoms with van der Waals surface area (Å²) in [5.41, 5.74) is 0.826. The van der Waals surface area contributed by atoms with E-state index in [1.165, 1.54) is 0 Å². The molecule has 0 bridgehead atoms. The smallest absolute Gasteiger partial charge is 0.223 e. The third-order valence-electron chi connectivity index (χ3n) is 4.48. The third-order valence-corrected chi connectivity index (χ3v) is 5.32. The predicted octanol–water partition coefficient (Wildman–Crippen LogP) is 1.10. The average molecular weight is 357 g/mol. The molecule has 1 amide bonds. The highest BCUT2D eigenvalue weighted by Crippen LogP contribution is 2.23. The largest absolute Gasteiger partial charge is 0.352 e. The van der Waals surface area contributed by atoms with Gasteiger partial charge in [0.25, 0.3) is 0 Å². The van der Waals surface area contributed by atoms with Crippen molar-refractivity contribution < 1.29 is 4.79 Å². The van der Waals surface area contributed by atoms with Crippen LogP contribution in [0.15, 0.2) is 24.1 Å². The van der Waals surface area contributed by atoms with Gasteiger partial charge in [0.05, 0.1) is 16.6 Å². The molecule has 1 saturated heterocycles. The number of carbonyl (C=O) groups is 1. The van der Waals surface area contributed by atoms with Crippen LogP contribution in [0.1, 0.15) is 11.4 Å². The molecule has 0 unspecified atom stereocenters. The van der Waals surface area contributed by atoms with Crippen molar-refractivity contribution in [1.29, 1.82) is 0 Å². The summed E-state index contributed by atoms with van der Waals surface area (Å²) < 4.78 is 1.75. The Hall–Kier alpha value is -2.55. The molecule has 4 heterocycles. The van der Waals surface area contributed by atoms with Crippen molar-refractivity contribution in [2.24, 2.45) is 7.05 Å². The summed E-state index contributed by atoms with van der Waals surface area (Å²) in [5.74, 6) is 1.09. The van der Waals surface area contributed by atoms with Crippen LogP contribution >= 0.6 is 11.3 Å². The van der Waals surface area contributed by atoms with E-state index in [1.807, 2.05) is 17.3 Å². The van der Waals surface area contributed by atoms with Crippen LogP contribution in [-0.4, -0.2) is 61.7 Å². The molecule has 0 atom stereocenters. The van der Waals surface area contributed by atoms with Crippen LogP contribution in [0.3, 0.4) is 0 Å². The Morgan fingerprint density at radius 1 is 1.20 bits per heavy atom.